The number of hydrogen-bond donors (Lipinski definition) is 0. The molecular formula is C12H16ClN5O. The van der Waals surface area contributed by atoms with Crippen molar-refractivity contribution in [2.24, 2.45) is 7.05 Å². The van der Waals surface area contributed by atoms with Gasteiger partial charge < -0.3 is 4.90 Å². The van der Waals surface area contributed by atoms with E-state index in [0.29, 0.717) is 11.6 Å². The summed E-state index contributed by atoms with van der Waals surface area (Å²) in [5, 5.41) is 8.81. The van der Waals surface area contributed by atoms with Gasteiger partial charge in [0.2, 0.25) is 5.91 Å². The molecule has 0 N–H and O–H groups in total. The summed E-state index contributed by atoms with van der Waals surface area (Å²) in [6.45, 7) is 2.51. The fourth-order valence-corrected chi connectivity index (χ4v) is 1.87. The monoisotopic (exact) mass is 281 g/mol. The molecule has 0 aliphatic rings. The van der Waals surface area contributed by atoms with Gasteiger partial charge in [-0.15, -0.1) is 0 Å². The van der Waals surface area contributed by atoms with Gasteiger partial charge in [-0.3, -0.25) is 14.2 Å². The molecule has 0 aromatic carbocycles. The topological polar surface area (TPSA) is 56.0 Å². The third kappa shape index (κ3) is 3.14. The Morgan fingerprint density at radius 1 is 1.53 bits per heavy atom. The average Bonchev–Trinajstić information content (AvgIpc) is 2.87. The molecule has 0 bridgehead atoms. The highest BCUT2D eigenvalue weighted by atomic mass is 35.5. The molecule has 0 spiro atoms. The van der Waals surface area contributed by atoms with Gasteiger partial charge in [0.05, 0.1) is 23.0 Å². The van der Waals surface area contributed by atoms with Crippen molar-refractivity contribution >= 4 is 17.5 Å². The van der Waals surface area contributed by atoms with E-state index in [-0.39, 0.29) is 12.5 Å². The van der Waals surface area contributed by atoms with E-state index in [4.69, 9.17) is 11.6 Å². The number of aryl methyl sites for hydroxylation is 2. The SMILES string of the molecule is Cc1nn(CC(=O)N(C)Cc2ccnn2C)cc1Cl. The van der Waals surface area contributed by atoms with Crippen LogP contribution >= 0.6 is 11.6 Å². The van der Waals surface area contributed by atoms with Gasteiger partial charge in [0, 0.05) is 26.5 Å². The highest BCUT2D eigenvalue weighted by Crippen LogP contribution is 2.12. The highest BCUT2D eigenvalue weighted by Gasteiger charge is 2.13. The molecule has 0 atom stereocenters. The first-order chi connectivity index (χ1) is 8.97. The zero-order valence-corrected chi connectivity index (χ0v) is 11.9. The Bertz CT molecular complexity index is 569. The van der Waals surface area contributed by atoms with Crippen molar-refractivity contribution in [3.8, 4) is 0 Å². The Morgan fingerprint density at radius 3 is 2.79 bits per heavy atom. The first kappa shape index (κ1) is 13.6. The maximum Gasteiger partial charge on any atom is 0.244 e. The van der Waals surface area contributed by atoms with Crippen molar-refractivity contribution in [2.45, 2.75) is 20.0 Å². The van der Waals surface area contributed by atoms with Crippen molar-refractivity contribution in [2.75, 3.05) is 7.05 Å². The number of rotatable bonds is 4. The molecule has 0 fully saturated rings. The van der Waals surface area contributed by atoms with E-state index in [1.807, 2.05) is 20.0 Å². The van der Waals surface area contributed by atoms with E-state index in [9.17, 15) is 4.79 Å². The summed E-state index contributed by atoms with van der Waals surface area (Å²) in [5.41, 5.74) is 1.70. The maximum absolute atomic E-state index is 12.1. The van der Waals surface area contributed by atoms with Crippen molar-refractivity contribution in [1.29, 1.82) is 0 Å². The summed E-state index contributed by atoms with van der Waals surface area (Å²) in [5.74, 6) is -0.0274. The predicted octanol–water partition coefficient (Wildman–Crippen LogP) is 1.24. The fourth-order valence-electron chi connectivity index (χ4n) is 1.72. The minimum absolute atomic E-state index is 0.0274. The minimum Gasteiger partial charge on any atom is -0.338 e. The molecule has 2 rings (SSSR count). The van der Waals surface area contributed by atoms with Crippen LogP contribution in [0.15, 0.2) is 18.5 Å². The molecule has 2 aromatic rings. The normalized spacial score (nSPS) is 10.7. The summed E-state index contributed by atoms with van der Waals surface area (Å²) in [6.07, 6.45) is 3.37. The largest absolute Gasteiger partial charge is 0.338 e. The summed E-state index contributed by atoms with van der Waals surface area (Å²) in [7, 11) is 3.61. The number of hydrogen-bond acceptors (Lipinski definition) is 3. The van der Waals surface area contributed by atoms with Gasteiger partial charge in [-0.05, 0) is 13.0 Å². The third-order valence-electron chi connectivity index (χ3n) is 2.93. The first-order valence-electron chi connectivity index (χ1n) is 5.87. The smallest absolute Gasteiger partial charge is 0.244 e. The molecule has 2 heterocycles. The molecule has 0 saturated heterocycles. The van der Waals surface area contributed by atoms with Crippen molar-refractivity contribution in [3.05, 3.63) is 34.9 Å². The molecule has 0 unspecified atom stereocenters. The second kappa shape index (κ2) is 5.44. The zero-order chi connectivity index (χ0) is 14.0. The number of amides is 1. The maximum atomic E-state index is 12.1. The Morgan fingerprint density at radius 2 is 2.26 bits per heavy atom. The van der Waals surface area contributed by atoms with Crippen LogP contribution < -0.4 is 0 Å². The van der Waals surface area contributed by atoms with Crippen LogP contribution in [0.3, 0.4) is 0 Å². The lowest BCUT2D eigenvalue weighted by Crippen LogP contribution is -2.30. The van der Waals surface area contributed by atoms with E-state index in [1.165, 1.54) is 0 Å². The lowest BCUT2D eigenvalue weighted by atomic mass is 10.4. The van der Waals surface area contributed by atoms with Crippen LogP contribution in [-0.4, -0.2) is 37.4 Å². The van der Waals surface area contributed by atoms with Crippen molar-refractivity contribution < 1.29 is 4.79 Å². The number of carbonyl (C=O) groups excluding carboxylic acids is 1. The molecular weight excluding hydrogens is 266 g/mol. The van der Waals surface area contributed by atoms with Crippen LogP contribution in [0.4, 0.5) is 0 Å². The number of aromatic nitrogens is 4. The van der Waals surface area contributed by atoms with Crippen molar-refractivity contribution in [1.82, 2.24) is 24.5 Å². The van der Waals surface area contributed by atoms with E-state index in [2.05, 4.69) is 10.2 Å². The minimum atomic E-state index is -0.0274. The van der Waals surface area contributed by atoms with Gasteiger partial charge in [0.15, 0.2) is 0 Å². The average molecular weight is 282 g/mol. The summed E-state index contributed by atoms with van der Waals surface area (Å²) >= 11 is 5.91. The van der Waals surface area contributed by atoms with Gasteiger partial charge in [-0.2, -0.15) is 10.2 Å². The van der Waals surface area contributed by atoms with E-state index in [0.717, 1.165) is 11.4 Å². The predicted molar refractivity (Wildman–Crippen MR) is 71.7 cm³/mol. The van der Waals surface area contributed by atoms with E-state index >= 15 is 0 Å². The molecule has 0 radical (unpaired) electrons. The van der Waals surface area contributed by atoms with Crippen LogP contribution in [0.5, 0.6) is 0 Å². The van der Waals surface area contributed by atoms with Crippen LogP contribution in [0, 0.1) is 6.92 Å². The molecule has 6 nitrogen and oxygen atoms in total. The molecule has 19 heavy (non-hydrogen) atoms. The molecule has 1 amide bonds. The van der Waals surface area contributed by atoms with E-state index in [1.54, 1.807) is 33.7 Å². The number of likely N-dealkylation sites (N-methyl/N-ethyl adjacent to an activating group) is 1. The summed E-state index contributed by atoms with van der Waals surface area (Å²) in [4.78, 5) is 13.7. The van der Waals surface area contributed by atoms with Gasteiger partial charge in [-0.25, -0.2) is 0 Å². The standard InChI is InChI=1S/C12H16ClN5O/c1-9-11(13)7-18(15-9)8-12(19)16(2)6-10-4-5-14-17(10)3/h4-5,7H,6,8H2,1-3H3. The molecule has 0 aliphatic heterocycles. The van der Waals surface area contributed by atoms with Gasteiger partial charge >= 0.3 is 0 Å². The lowest BCUT2D eigenvalue weighted by Gasteiger charge is -2.17. The quantitative estimate of drug-likeness (QED) is 0.847. The van der Waals surface area contributed by atoms with Gasteiger partial charge in [0.1, 0.15) is 6.54 Å². The molecule has 2 aromatic heterocycles. The number of halogens is 1. The van der Waals surface area contributed by atoms with Crippen LogP contribution in [0.25, 0.3) is 0 Å². The Hall–Kier alpha value is -1.82. The second-order valence-electron chi connectivity index (χ2n) is 4.46. The van der Waals surface area contributed by atoms with Crippen LogP contribution in [0.2, 0.25) is 5.02 Å². The number of carbonyl (C=O) groups is 1. The Balaban J connectivity index is 1.98. The molecule has 0 aliphatic carbocycles. The third-order valence-corrected chi connectivity index (χ3v) is 3.30. The summed E-state index contributed by atoms with van der Waals surface area (Å²) < 4.78 is 3.30. The fraction of sp³-hybridized carbons (Fsp3) is 0.417. The second-order valence-corrected chi connectivity index (χ2v) is 4.86. The van der Waals surface area contributed by atoms with Crippen LogP contribution in [-0.2, 0) is 24.9 Å². The van der Waals surface area contributed by atoms with Crippen LogP contribution in [0.1, 0.15) is 11.4 Å². The first-order valence-corrected chi connectivity index (χ1v) is 6.25. The van der Waals surface area contributed by atoms with Gasteiger partial charge in [-0.1, -0.05) is 11.6 Å². The lowest BCUT2D eigenvalue weighted by molar-refractivity contribution is -0.131. The highest BCUT2D eigenvalue weighted by molar-refractivity contribution is 6.31. The molecule has 7 heteroatoms. The van der Waals surface area contributed by atoms with E-state index < -0.39 is 0 Å². The summed E-state index contributed by atoms with van der Waals surface area (Å²) in [6, 6.07) is 1.89. The number of nitrogens with zero attached hydrogens (tertiary/aromatic N) is 5. The van der Waals surface area contributed by atoms with Gasteiger partial charge in [0.25, 0.3) is 0 Å². The molecule has 102 valence electrons. The zero-order valence-electron chi connectivity index (χ0n) is 11.2. The van der Waals surface area contributed by atoms with Crippen molar-refractivity contribution in [3.63, 3.8) is 0 Å². The Kier molecular flexibility index (Phi) is 3.90. The Labute approximate surface area is 116 Å². The molecule has 0 saturated carbocycles.